The Morgan fingerprint density at radius 1 is 1.44 bits per heavy atom. The largest absolute Gasteiger partial charge is 0.394 e. The SMILES string of the molecule is O=c1[nH]c(=O)n(C2CC(O)C(CO)O2)cc1CO. The maximum Gasteiger partial charge on any atom is 0.330 e. The van der Waals surface area contributed by atoms with Crippen LogP contribution in [0.25, 0.3) is 0 Å². The van der Waals surface area contributed by atoms with Gasteiger partial charge in [-0.2, -0.15) is 0 Å². The summed E-state index contributed by atoms with van der Waals surface area (Å²) < 4.78 is 6.38. The van der Waals surface area contributed by atoms with Crippen molar-refractivity contribution in [3.8, 4) is 0 Å². The topological polar surface area (TPSA) is 125 Å². The van der Waals surface area contributed by atoms with E-state index in [9.17, 15) is 14.7 Å². The van der Waals surface area contributed by atoms with Gasteiger partial charge in [0.2, 0.25) is 0 Å². The third-order valence-electron chi connectivity index (χ3n) is 2.91. The summed E-state index contributed by atoms with van der Waals surface area (Å²) in [6, 6.07) is 0. The number of ether oxygens (including phenoxy) is 1. The second-order valence-electron chi connectivity index (χ2n) is 4.09. The van der Waals surface area contributed by atoms with Crippen molar-refractivity contribution in [3.05, 3.63) is 32.6 Å². The van der Waals surface area contributed by atoms with Crippen molar-refractivity contribution in [1.29, 1.82) is 0 Å². The third kappa shape index (κ3) is 2.23. The molecule has 0 aromatic carbocycles. The van der Waals surface area contributed by atoms with E-state index in [1.54, 1.807) is 0 Å². The first-order valence-corrected chi connectivity index (χ1v) is 5.46. The Morgan fingerprint density at radius 3 is 2.72 bits per heavy atom. The number of hydrogen-bond acceptors (Lipinski definition) is 6. The molecular weight excluding hydrogens is 244 g/mol. The van der Waals surface area contributed by atoms with E-state index >= 15 is 0 Å². The Hall–Kier alpha value is -1.48. The summed E-state index contributed by atoms with van der Waals surface area (Å²) in [5, 5.41) is 27.5. The fraction of sp³-hybridized carbons (Fsp3) is 0.600. The molecule has 3 unspecified atom stereocenters. The van der Waals surface area contributed by atoms with Gasteiger partial charge in [-0.15, -0.1) is 0 Å². The molecule has 18 heavy (non-hydrogen) atoms. The summed E-state index contributed by atoms with van der Waals surface area (Å²) in [5.74, 6) is 0. The van der Waals surface area contributed by atoms with Gasteiger partial charge in [0, 0.05) is 12.6 Å². The second-order valence-corrected chi connectivity index (χ2v) is 4.09. The number of aromatic nitrogens is 2. The number of aliphatic hydroxyl groups excluding tert-OH is 3. The molecule has 0 bridgehead atoms. The zero-order valence-electron chi connectivity index (χ0n) is 9.44. The lowest BCUT2D eigenvalue weighted by Crippen LogP contribution is -2.34. The van der Waals surface area contributed by atoms with Gasteiger partial charge in [0.05, 0.1) is 24.9 Å². The van der Waals surface area contributed by atoms with Crippen LogP contribution in [0.1, 0.15) is 18.2 Å². The van der Waals surface area contributed by atoms with Gasteiger partial charge in [-0.1, -0.05) is 0 Å². The molecule has 8 heteroatoms. The van der Waals surface area contributed by atoms with Crippen LogP contribution in [0.4, 0.5) is 0 Å². The quantitative estimate of drug-likeness (QED) is 0.482. The Kier molecular flexibility index (Phi) is 3.62. The normalized spacial score (nSPS) is 27.6. The maximum absolute atomic E-state index is 11.6. The molecule has 3 atom stereocenters. The van der Waals surface area contributed by atoms with Crippen LogP contribution in [0.3, 0.4) is 0 Å². The van der Waals surface area contributed by atoms with Crippen LogP contribution in [0, 0.1) is 0 Å². The minimum atomic E-state index is -0.878. The van der Waals surface area contributed by atoms with E-state index in [2.05, 4.69) is 4.98 Å². The molecule has 0 radical (unpaired) electrons. The Balaban J connectivity index is 2.35. The standard InChI is InChI=1S/C10H14N2O6/c13-3-5-2-12(10(17)11-9(5)16)8-1-6(15)7(4-14)18-8/h2,6-8,13-15H,1,3-4H2,(H,11,16,17). The zero-order chi connectivity index (χ0) is 13.3. The van der Waals surface area contributed by atoms with Crippen LogP contribution in [0.15, 0.2) is 15.8 Å². The highest BCUT2D eigenvalue weighted by Gasteiger charge is 2.35. The maximum atomic E-state index is 11.6. The van der Waals surface area contributed by atoms with E-state index in [1.165, 1.54) is 6.20 Å². The lowest BCUT2D eigenvalue weighted by atomic mass is 10.2. The Labute approximate surface area is 101 Å². The average Bonchev–Trinajstić information content (AvgIpc) is 2.70. The molecule has 100 valence electrons. The smallest absolute Gasteiger partial charge is 0.330 e. The molecule has 1 aliphatic heterocycles. The number of hydrogen-bond donors (Lipinski definition) is 4. The summed E-state index contributed by atoms with van der Waals surface area (Å²) in [7, 11) is 0. The van der Waals surface area contributed by atoms with E-state index in [1.807, 2.05) is 0 Å². The zero-order valence-corrected chi connectivity index (χ0v) is 9.44. The van der Waals surface area contributed by atoms with E-state index in [0.717, 1.165) is 4.57 Å². The van der Waals surface area contributed by atoms with Gasteiger partial charge in [-0.25, -0.2) is 4.79 Å². The van der Waals surface area contributed by atoms with Gasteiger partial charge >= 0.3 is 5.69 Å². The van der Waals surface area contributed by atoms with Gasteiger partial charge in [-0.05, 0) is 0 Å². The predicted octanol–water partition coefficient (Wildman–Crippen LogP) is -2.33. The van der Waals surface area contributed by atoms with Gasteiger partial charge in [-0.3, -0.25) is 14.3 Å². The lowest BCUT2D eigenvalue weighted by Gasteiger charge is -2.14. The molecule has 1 aromatic heterocycles. The third-order valence-corrected chi connectivity index (χ3v) is 2.91. The molecule has 1 aliphatic rings. The van der Waals surface area contributed by atoms with Crippen molar-refractivity contribution in [1.82, 2.24) is 9.55 Å². The van der Waals surface area contributed by atoms with Gasteiger partial charge < -0.3 is 20.1 Å². The lowest BCUT2D eigenvalue weighted by molar-refractivity contribution is -0.0460. The van der Waals surface area contributed by atoms with E-state index in [0.29, 0.717) is 0 Å². The predicted molar refractivity (Wildman–Crippen MR) is 58.9 cm³/mol. The molecule has 0 amide bonds. The number of rotatable bonds is 3. The second kappa shape index (κ2) is 5.02. The minimum Gasteiger partial charge on any atom is -0.394 e. The van der Waals surface area contributed by atoms with E-state index in [-0.39, 0.29) is 18.6 Å². The summed E-state index contributed by atoms with van der Waals surface area (Å²) in [4.78, 5) is 24.9. The number of aliphatic hydroxyl groups is 3. The van der Waals surface area contributed by atoms with Crippen molar-refractivity contribution < 1.29 is 20.1 Å². The molecule has 0 saturated carbocycles. The molecule has 2 heterocycles. The first kappa shape index (κ1) is 13.0. The number of aromatic amines is 1. The summed E-state index contributed by atoms with van der Waals surface area (Å²) in [6.45, 7) is -0.864. The van der Waals surface area contributed by atoms with Crippen LogP contribution in [0.5, 0.6) is 0 Å². The molecule has 0 aliphatic carbocycles. The Morgan fingerprint density at radius 2 is 2.17 bits per heavy atom. The van der Waals surface area contributed by atoms with Gasteiger partial charge in [0.25, 0.3) is 5.56 Å². The summed E-state index contributed by atoms with van der Waals surface area (Å²) >= 11 is 0. The van der Waals surface area contributed by atoms with E-state index < -0.39 is 36.3 Å². The first-order valence-electron chi connectivity index (χ1n) is 5.46. The van der Waals surface area contributed by atoms with Crippen LogP contribution in [-0.2, 0) is 11.3 Å². The van der Waals surface area contributed by atoms with E-state index in [4.69, 9.17) is 14.9 Å². The van der Waals surface area contributed by atoms with Crippen LogP contribution in [0.2, 0.25) is 0 Å². The highest BCUT2D eigenvalue weighted by molar-refractivity contribution is 5.03. The molecule has 1 saturated heterocycles. The molecule has 4 N–H and O–H groups in total. The fourth-order valence-electron chi connectivity index (χ4n) is 1.90. The van der Waals surface area contributed by atoms with Crippen molar-refractivity contribution >= 4 is 0 Å². The van der Waals surface area contributed by atoms with Gasteiger partial charge in [0.15, 0.2) is 0 Å². The molecular formula is C10H14N2O6. The molecule has 0 spiro atoms. The summed E-state index contributed by atoms with van der Waals surface area (Å²) in [5.41, 5.74) is -1.32. The summed E-state index contributed by atoms with van der Waals surface area (Å²) in [6.07, 6.45) is -1.09. The van der Waals surface area contributed by atoms with Crippen LogP contribution >= 0.6 is 0 Å². The minimum absolute atomic E-state index is 0.0279. The highest BCUT2D eigenvalue weighted by atomic mass is 16.5. The van der Waals surface area contributed by atoms with Crippen molar-refractivity contribution in [2.24, 2.45) is 0 Å². The first-order chi connectivity index (χ1) is 8.56. The van der Waals surface area contributed by atoms with Crippen molar-refractivity contribution in [3.63, 3.8) is 0 Å². The Bertz CT molecular complexity index is 536. The number of nitrogens with zero attached hydrogens (tertiary/aromatic N) is 1. The molecule has 1 fully saturated rings. The monoisotopic (exact) mass is 258 g/mol. The fourth-order valence-corrected chi connectivity index (χ4v) is 1.90. The molecule has 8 nitrogen and oxygen atoms in total. The van der Waals surface area contributed by atoms with Crippen molar-refractivity contribution in [2.45, 2.75) is 31.5 Å². The molecule has 2 rings (SSSR count). The van der Waals surface area contributed by atoms with Gasteiger partial charge in [0.1, 0.15) is 12.3 Å². The molecule has 1 aromatic rings. The van der Waals surface area contributed by atoms with Crippen LogP contribution in [-0.4, -0.2) is 43.7 Å². The van der Waals surface area contributed by atoms with Crippen LogP contribution < -0.4 is 11.2 Å². The number of nitrogens with one attached hydrogen (secondary N) is 1. The highest BCUT2D eigenvalue weighted by Crippen LogP contribution is 2.27. The average molecular weight is 258 g/mol. The van der Waals surface area contributed by atoms with Crippen molar-refractivity contribution in [2.75, 3.05) is 6.61 Å². The number of H-pyrrole nitrogens is 1.